The molecule has 0 aliphatic rings. The standard InChI is InChI=1S/C29H52N6O8/c1-15(2)22(31)26(41)35-23(16(3)4)27(42)34-18(11-20(30)37)25(40)33-19(12-21(38)43-29(8,9)10)24(39)32-17(14-36)13-28(5,6)7/h14-19,22-23H,11-13,31H2,1-10H3,(H2,30,37)(H,32,39)(H,33,40)(H,34,42)(H,35,41)/t17-,18-,19-,22-,23-/m0/s1. The summed E-state index contributed by atoms with van der Waals surface area (Å²) in [6.07, 6.45) is -0.426. The van der Waals surface area contributed by atoms with E-state index in [1.165, 1.54) is 0 Å². The van der Waals surface area contributed by atoms with Gasteiger partial charge in [-0.15, -0.1) is 0 Å². The highest BCUT2D eigenvalue weighted by Gasteiger charge is 2.35. The second-order valence-corrected chi connectivity index (χ2v) is 13.6. The van der Waals surface area contributed by atoms with E-state index in [2.05, 4.69) is 21.3 Å². The Morgan fingerprint density at radius 1 is 0.721 bits per heavy atom. The molecule has 0 saturated carbocycles. The molecule has 0 radical (unpaired) electrons. The smallest absolute Gasteiger partial charge is 0.308 e. The average molecular weight is 613 g/mol. The predicted octanol–water partition coefficient (Wildman–Crippen LogP) is -0.193. The van der Waals surface area contributed by atoms with Crippen molar-refractivity contribution in [3.05, 3.63) is 0 Å². The average Bonchev–Trinajstić information content (AvgIpc) is 2.82. The third kappa shape index (κ3) is 16.0. The first-order chi connectivity index (χ1) is 19.5. The van der Waals surface area contributed by atoms with E-state index in [0.29, 0.717) is 6.29 Å². The van der Waals surface area contributed by atoms with Gasteiger partial charge in [-0.25, -0.2) is 0 Å². The van der Waals surface area contributed by atoms with E-state index in [1.54, 1.807) is 48.5 Å². The second kappa shape index (κ2) is 16.9. The zero-order valence-electron chi connectivity index (χ0n) is 27.2. The van der Waals surface area contributed by atoms with Gasteiger partial charge in [0.15, 0.2) is 0 Å². The molecule has 43 heavy (non-hydrogen) atoms. The number of rotatable bonds is 16. The number of hydrogen-bond donors (Lipinski definition) is 6. The van der Waals surface area contributed by atoms with Crippen molar-refractivity contribution < 1.29 is 38.3 Å². The van der Waals surface area contributed by atoms with Crippen molar-refractivity contribution in [1.29, 1.82) is 0 Å². The quantitative estimate of drug-likeness (QED) is 0.100. The SMILES string of the molecule is CC(C)[C@H](N)C(=O)N[C@H](C(=O)N[C@@H](CC(N)=O)C(=O)N[C@@H](CC(=O)OC(C)(C)C)C(=O)N[C@H](C=O)CC(C)(C)C)C(C)C. The van der Waals surface area contributed by atoms with Gasteiger partial charge in [-0.3, -0.25) is 28.8 Å². The zero-order chi connectivity index (χ0) is 33.9. The molecule has 0 heterocycles. The summed E-state index contributed by atoms with van der Waals surface area (Å²) in [6, 6.07) is -6.01. The third-order valence-electron chi connectivity index (χ3n) is 6.05. The fourth-order valence-corrected chi connectivity index (χ4v) is 3.87. The second-order valence-electron chi connectivity index (χ2n) is 13.6. The first-order valence-corrected chi connectivity index (χ1v) is 14.4. The van der Waals surface area contributed by atoms with Crippen molar-refractivity contribution in [1.82, 2.24) is 21.3 Å². The molecule has 0 rings (SSSR count). The van der Waals surface area contributed by atoms with E-state index in [4.69, 9.17) is 16.2 Å². The highest BCUT2D eigenvalue weighted by Crippen LogP contribution is 2.20. The number of ether oxygens (including phenoxy) is 1. The molecule has 246 valence electrons. The number of carbonyl (C=O) groups excluding carboxylic acids is 7. The fraction of sp³-hybridized carbons (Fsp3) is 0.759. The molecular weight excluding hydrogens is 560 g/mol. The van der Waals surface area contributed by atoms with E-state index in [0.717, 1.165) is 0 Å². The summed E-state index contributed by atoms with van der Waals surface area (Å²) in [5.41, 5.74) is 10.0. The highest BCUT2D eigenvalue weighted by atomic mass is 16.6. The molecule has 0 unspecified atom stereocenters. The Kier molecular flexibility index (Phi) is 15.5. The van der Waals surface area contributed by atoms with Crippen molar-refractivity contribution >= 4 is 41.8 Å². The monoisotopic (exact) mass is 612 g/mol. The van der Waals surface area contributed by atoms with Crippen LogP contribution in [0.4, 0.5) is 0 Å². The molecule has 0 aliphatic heterocycles. The molecule has 14 heteroatoms. The van der Waals surface area contributed by atoms with Crippen molar-refractivity contribution in [2.45, 2.75) is 124 Å². The minimum absolute atomic E-state index is 0.209. The van der Waals surface area contributed by atoms with Gasteiger partial charge in [-0.05, 0) is 44.4 Å². The lowest BCUT2D eigenvalue weighted by molar-refractivity contribution is -0.156. The molecule has 0 aromatic heterocycles. The maximum Gasteiger partial charge on any atom is 0.308 e. The zero-order valence-corrected chi connectivity index (χ0v) is 27.2. The summed E-state index contributed by atoms with van der Waals surface area (Å²) in [5.74, 6) is -5.61. The molecule has 0 fully saturated rings. The Morgan fingerprint density at radius 2 is 1.21 bits per heavy atom. The number of carbonyl (C=O) groups is 7. The molecule has 5 atom stereocenters. The lowest BCUT2D eigenvalue weighted by atomic mass is 9.88. The summed E-state index contributed by atoms with van der Waals surface area (Å²) in [7, 11) is 0. The Balaban J connectivity index is 6.11. The maximum absolute atomic E-state index is 13.3. The summed E-state index contributed by atoms with van der Waals surface area (Å²) < 4.78 is 5.30. The molecule has 0 aliphatic carbocycles. The first-order valence-electron chi connectivity index (χ1n) is 14.4. The summed E-state index contributed by atoms with van der Waals surface area (Å²) >= 11 is 0. The van der Waals surface area contributed by atoms with Gasteiger partial charge in [-0.2, -0.15) is 0 Å². The molecule has 0 bridgehead atoms. The normalized spacial score (nSPS) is 15.4. The molecule has 0 aromatic rings. The van der Waals surface area contributed by atoms with E-state index in [9.17, 15) is 33.6 Å². The number of aldehydes is 1. The van der Waals surface area contributed by atoms with E-state index >= 15 is 0 Å². The van der Waals surface area contributed by atoms with Gasteiger partial charge in [0.2, 0.25) is 29.5 Å². The highest BCUT2D eigenvalue weighted by molar-refractivity contribution is 5.98. The predicted molar refractivity (Wildman–Crippen MR) is 160 cm³/mol. The van der Waals surface area contributed by atoms with Crippen LogP contribution in [0, 0.1) is 17.3 Å². The third-order valence-corrected chi connectivity index (χ3v) is 6.05. The van der Waals surface area contributed by atoms with Crippen LogP contribution in [0.25, 0.3) is 0 Å². The van der Waals surface area contributed by atoms with E-state index < -0.39 is 90.1 Å². The number of nitrogens with one attached hydrogen (secondary N) is 4. The number of hydrogen-bond acceptors (Lipinski definition) is 9. The Hall–Kier alpha value is -3.55. The largest absolute Gasteiger partial charge is 0.460 e. The molecule has 8 N–H and O–H groups in total. The topological polar surface area (TPSA) is 229 Å². The molecule has 0 spiro atoms. The van der Waals surface area contributed by atoms with Crippen LogP contribution < -0.4 is 32.7 Å². The van der Waals surface area contributed by atoms with Crippen LogP contribution >= 0.6 is 0 Å². The lowest BCUT2D eigenvalue weighted by Gasteiger charge is -2.28. The van der Waals surface area contributed by atoms with Gasteiger partial charge in [0.25, 0.3) is 0 Å². The van der Waals surface area contributed by atoms with Gasteiger partial charge in [0.1, 0.15) is 30.0 Å². The van der Waals surface area contributed by atoms with Crippen LogP contribution in [0.1, 0.15) is 88.5 Å². The first kappa shape index (κ1) is 39.5. The van der Waals surface area contributed by atoms with Crippen LogP contribution in [0.3, 0.4) is 0 Å². The molecule has 0 aromatic carbocycles. The van der Waals surface area contributed by atoms with Crippen LogP contribution in [0.2, 0.25) is 0 Å². The van der Waals surface area contributed by atoms with Crippen molar-refractivity contribution in [3.8, 4) is 0 Å². The molecule has 14 nitrogen and oxygen atoms in total. The number of nitrogens with two attached hydrogens (primary N) is 2. The number of amides is 5. The Bertz CT molecular complexity index is 1020. The van der Waals surface area contributed by atoms with Crippen LogP contribution in [-0.2, 0) is 38.3 Å². The minimum Gasteiger partial charge on any atom is -0.460 e. The van der Waals surface area contributed by atoms with Crippen molar-refractivity contribution in [2.24, 2.45) is 28.7 Å². The van der Waals surface area contributed by atoms with Crippen molar-refractivity contribution in [2.75, 3.05) is 0 Å². The Morgan fingerprint density at radius 3 is 1.63 bits per heavy atom. The van der Waals surface area contributed by atoms with E-state index in [-0.39, 0.29) is 17.8 Å². The molecule has 0 saturated heterocycles. The summed E-state index contributed by atoms with van der Waals surface area (Å²) in [4.78, 5) is 88.4. The number of esters is 1. The lowest BCUT2D eigenvalue weighted by Crippen LogP contribution is -2.60. The van der Waals surface area contributed by atoms with Gasteiger partial charge < -0.3 is 42.3 Å². The van der Waals surface area contributed by atoms with E-state index in [1.807, 2.05) is 20.8 Å². The van der Waals surface area contributed by atoms with Crippen LogP contribution in [0.15, 0.2) is 0 Å². The minimum atomic E-state index is -1.56. The molecular formula is C29H52N6O8. The van der Waals surface area contributed by atoms with Gasteiger partial charge >= 0.3 is 5.97 Å². The molecule has 5 amide bonds. The van der Waals surface area contributed by atoms with Gasteiger partial charge in [0.05, 0.1) is 24.9 Å². The Labute approximate surface area is 254 Å². The maximum atomic E-state index is 13.3. The summed E-state index contributed by atoms with van der Waals surface area (Å²) in [5, 5.41) is 9.88. The fourth-order valence-electron chi connectivity index (χ4n) is 3.87. The van der Waals surface area contributed by atoms with Crippen molar-refractivity contribution in [3.63, 3.8) is 0 Å². The number of primary amides is 1. The summed E-state index contributed by atoms with van der Waals surface area (Å²) in [6.45, 7) is 17.3. The van der Waals surface area contributed by atoms with Crippen LogP contribution in [0.5, 0.6) is 0 Å². The van der Waals surface area contributed by atoms with Crippen LogP contribution in [-0.4, -0.2) is 77.6 Å². The van der Waals surface area contributed by atoms with Gasteiger partial charge in [0, 0.05) is 0 Å². The van der Waals surface area contributed by atoms with Gasteiger partial charge in [-0.1, -0.05) is 48.5 Å².